The SMILES string of the molecule is O=C(COc1ccccc1)NN=Cc1cccc(OCc2ccc(Cl)cc2)c1. The predicted molar refractivity (Wildman–Crippen MR) is 110 cm³/mol. The van der Waals surface area contributed by atoms with Gasteiger partial charge < -0.3 is 9.47 Å². The van der Waals surface area contributed by atoms with Crippen molar-refractivity contribution >= 4 is 23.7 Å². The summed E-state index contributed by atoms with van der Waals surface area (Å²) in [7, 11) is 0. The van der Waals surface area contributed by atoms with E-state index in [-0.39, 0.29) is 12.5 Å². The molecule has 0 heterocycles. The van der Waals surface area contributed by atoms with Crippen LogP contribution in [0.4, 0.5) is 0 Å². The van der Waals surface area contributed by atoms with Crippen molar-refractivity contribution in [2.45, 2.75) is 6.61 Å². The number of amides is 1. The molecule has 0 aromatic heterocycles. The van der Waals surface area contributed by atoms with Crippen LogP contribution in [0.1, 0.15) is 11.1 Å². The topological polar surface area (TPSA) is 59.9 Å². The van der Waals surface area contributed by atoms with E-state index in [1.54, 1.807) is 18.3 Å². The molecular formula is C22H19ClN2O3. The fraction of sp³-hybridized carbons (Fsp3) is 0.0909. The Morgan fingerprint density at radius 2 is 1.68 bits per heavy atom. The van der Waals surface area contributed by atoms with Crippen molar-refractivity contribution < 1.29 is 14.3 Å². The molecule has 6 heteroatoms. The quantitative estimate of drug-likeness (QED) is 0.453. The van der Waals surface area contributed by atoms with Crippen molar-refractivity contribution in [1.82, 2.24) is 5.43 Å². The van der Waals surface area contributed by atoms with Crippen LogP contribution in [0.2, 0.25) is 5.02 Å². The van der Waals surface area contributed by atoms with Crippen LogP contribution < -0.4 is 14.9 Å². The molecule has 0 aliphatic carbocycles. The second-order valence-electron chi connectivity index (χ2n) is 5.88. The van der Waals surface area contributed by atoms with Gasteiger partial charge in [0.05, 0.1) is 6.21 Å². The summed E-state index contributed by atoms with van der Waals surface area (Å²) in [6.07, 6.45) is 1.55. The Labute approximate surface area is 168 Å². The first-order chi connectivity index (χ1) is 13.7. The summed E-state index contributed by atoms with van der Waals surface area (Å²) in [5.41, 5.74) is 4.26. The lowest BCUT2D eigenvalue weighted by Gasteiger charge is -2.07. The summed E-state index contributed by atoms with van der Waals surface area (Å²) >= 11 is 5.88. The molecule has 0 spiro atoms. The summed E-state index contributed by atoms with van der Waals surface area (Å²) in [6.45, 7) is 0.330. The van der Waals surface area contributed by atoms with E-state index in [4.69, 9.17) is 21.1 Å². The summed E-state index contributed by atoms with van der Waals surface area (Å²) in [6, 6.07) is 24.0. The van der Waals surface area contributed by atoms with Gasteiger partial charge in [0.15, 0.2) is 6.61 Å². The number of ether oxygens (including phenoxy) is 2. The van der Waals surface area contributed by atoms with Gasteiger partial charge in [-0.1, -0.05) is 54.1 Å². The normalized spacial score (nSPS) is 10.6. The average Bonchev–Trinajstić information content (AvgIpc) is 2.73. The van der Waals surface area contributed by atoms with Crippen LogP contribution in [-0.4, -0.2) is 18.7 Å². The largest absolute Gasteiger partial charge is 0.489 e. The molecule has 142 valence electrons. The van der Waals surface area contributed by atoms with Crippen LogP contribution in [0, 0.1) is 0 Å². The second kappa shape index (κ2) is 10.1. The van der Waals surface area contributed by atoms with Gasteiger partial charge in [-0.25, -0.2) is 5.43 Å². The number of rotatable bonds is 8. The van der Waals surface area contributed by atoms with E-state index in [9.17, 15) is 4.79 Å². The van der Waals surface area contributed by atoms with Crippen molar-refractivity contribution in [3.8, 4) is 11.5 Å². The highest BCUT2D eigenvalue weighted by Gasteiger charge is 2.01. The van der Waals surface area contributed by atoms with Crippen molar-refractivity contribution in [2.24, 2.45) is 5.10 Å². The molecule has 0 atom stereocenters. The number of para-hydroxylation sites is 1. The summed E-state index contributed by atoms with van der Waals surface area (Å²) in [5.74, 6) is 1.00. The number of halogens is 1. The molecule has 28 heavy (non-hydrogen) atoms. The molecule has 0 bridgehead atoms. The number of nitrogens with one attached hydrogen (secondary N) is 1. The first-order valence-electron chi connectivity index (χ1n) is 8.66. The highest BCUT2D eigenvalue weighted by molar-refractivity contribution is 6.30. The molecule has 0 fully saturated rings. The van der Waals surface area contributed by atoms with Crippen LogP contribution in [0.5, 0.6) is 11.5 Å². The molecule has 1 amide bonds. The Morgan fingerprint density at radius 3 is 2.46 bits per heavy atom. The molecule has 3 aromatic rings. The van der Waals surface area contributed by atoms with Crippen molar-refractivity contribution in [2.75, 3.05) is 6.61 Å². The van der Waals surface area contributed by atoms with Gasteiger partial charge in [-0.05, 0) is 47.5 Å². The lowest BCUT2D eigenvalue weighted by atomic mass is 10.2. The zero-order valence-electron chi connectivity index (χ0n) is 15.0. The summed E-state index contributed by atoms with van der Waals surface area (Å²) in [4.78, 5) is 11.8. The first-order valence-corrected chi connectivity index (χ1v) is 9.04. The average molecular weight is 395 g/mol. The van der Waals surface area contributed by atoms with E-state index >= 15 is 0 Å². The van der Waals surface area contributed by atoms with Crippen LogP contribution in [0.25, 0.3) is 0 Å². The highest BCUT2D eigenvalue weighted by Crippen LogP contribution is 2.15. The Morgan fingerprint density at radius 1 is 0.929 bits per heavy atom. The number of carbonyl (C=O) groups is 1. The minimum absolute atomic E-state index is 0.106. The molecular weight excluding hydrogens is 376 g/mol. The third-order valence-electron chi connectivity index (χ3n) is 3.69. The molecule has 0 saturated carbocycles. The van der Waals surface area contributed by atoms with Gasteiger partial charge in [-0.2, -0.15) is 5.10 Å². The standard InChI is InChI=1S/C22H19ClN2O3/c23-19-11-9-17(10-12-19)15-27-21-8-4-5-18(13-21)14-24-25-22(26)16-28-20-6-2-1-3-7-20/h1-14H,15-16H2,(H,25,26). The van der Waals surface area contributed by atoms with Gasteiger partial charge in [0.25, 0.3) is 5.91 Å². The summed E-state index contributed by atoms with van der Waals surface area (Å²) in [5, 5.41) is 4.64. The van der Waals surface area contributed by atoms with E-state index in [1.807, 2.05) is 66.7 Å². The molecule has 0 unspecified atom stereocenters. The van der Waals surface area contributed by atoms with Gasteiger partial charge in [0.2, 0.25) is 0 Å². The fourth-order valence-electron chi connectivity index (χ4n) is 2.31. The Bertz CT molecular complexity index is 928. The number of hydrazone groups is 1. The molecule has 0 radical (unpaired) electrons. The zero-order valence-corrected chi connectivity index (χ0v) is 15.8. The fourth-order valence-corrected chi connectivity index (χ4v) is 2.43. The Kier molecular flexibility index (Phi) is 7.04. The van der Waals surface area contributed by atoms with Crippen LogP contribution in [0.15, 0.2) is 84.0 Å². The predicted octanol–water partition coefficient (Wildman–Crippen LogP) is 4.45. The van der Waals surface area contributed by atoms with Gasteiger partial charge in [0, 0.05) is 5.02 Å². The minimum atomic E-state index is -0.338. The molecule has 0 aliphatic heterocycles. The highest BCUT2D eigenvalue weighted by atomic mass is 35.5. The van der Waals surface area contributed by atoms with Gasteiger partial charge in [-0.15, -0.1) is 0 Å². The molecule has 5 nitrogen and oxygen atoms in total. The Hall–Kier alpha value is -3.31. The number of benzene rings is 3. The van der Waals surface area contributed by atoms with E-state index in [1.165, 1.54) is 0 Å². The van der Waals surface area contributed by atoms with Crippen molar-refractivity contribution in [3.63, 3.8) is 0 Å². The maximum atomic E-state index is 11.8. The van der Waals surface area contributed by atoms with E-state index in [0.29, 0.717) is 23.1 Å². The maximum Gasteiger partial charge on any atom is 0.277 e. The number of carbonyl (C=O) groups excluding carboxylic acids is 1. The smallest absolute Gasteiger partial charge is 0.277 e. The van der Waals surface area contributed by atoms with Crippen LogP contribution >= 0.6 is 11.6 Å². The molecule has 3 rings (SSSR count). The van der Waals surface area contributed by atoms with Crippen molar-refractivity contribution in [1.29, 1.82) is 0 Å². The third kappa shape index (κ3) is 6.45. The van der Waals surface area contributed by atoms with Gasteiger partial charge >= 0.3 is 0 Å². The van der Waals surface area contributed by atoms with E-state index in [0.717, 1.165) is 11.1 Å². The lowest BCUT2D eigenvalue weighted by Crippen LogP contribution is -2.24. The van der Waals surface area contributed by atoms with E-state index in [2.05, 4.69) is 10.5 Å². The van der Waals surface area contributed by atoms with E-state index < -0.39 is 0 Å². The molecule has 3 aromatic carbocycles. The molecule has 1 N–H and O–H groups in total. The minimum Gasteiger partial charge on any atom is -0.489 e. The lowest BCUT2D eigenvalue weighted by molar-refractivity contribution is -0.123. The first kappa shape index (κ1) is 19.5. The monoisotopic (exact) mass is 394 g/mol. The molecule has 0 saturated heterocycles. The second-order valence-corrected chi connectivity index (χ2v) is 6.32. The van der Waals surface area contributed by atoms with Gasteiger partial charge in [-0.3, -0.25) is 4.79 Å². The third-order valence-corrected chi connectivity index (χ3v) is 3.94. The summed E-state index contributed by atoms with van der Waals surface area (Å²) < 4.78 is 11.1. The maximum absolute atomic E-state index is 11.8. The zero-order chi connectivity index (χ0) is 19.6. The number of hydrogen-bond donors (Lipinski definition) is 1. The number of nitrogens with zero attached hydrogens (tertiary/aromatic N) is 1. The number of hydrogen-bond acceptors (Lipinski definition) is 4. The Balaban J connectivity index is 1.46. The van der Waals surface area contributed by atoms with Gasteiger partial charge in [0.1, 0.15) is 18.1 Å². The van der Waals surface area contributed by atoms with Crippen LogP contribution in [-0.2, 0) is 11.4 Å². The molecule has 0 aliphatic rings. The van der Waals surface area contributed by atoms with Crippen molar-refractivity contribution in [3.05, 3.63) is 95.0 Å². The van der Waals surface area contributed by atoms with Crippen LogP contribution in [0.3, 0.4) is 0 Å².